The van der Waals surface area contributed by atoms with E-state index in [1.54, 1.807) is 25.1 Å². The van der Waals surface area contributed by atoms with Crippen LogP contribution in [0.25, 0.3) is 17.5 Å². The summed E-state index contributed by atoms with van der Waals surface area (Å²) in [4.78, 5) is 21.5. The van der Waals surface area contributed by atoms with E-state index in [0.29, 0.717) is 5.56 Å². The first-order valence-corrected chi connectivity index (χ1v) is 7.12. The molecule has 0 aliphatic heterocycles. The zero-order chi connectivity index (χ0) is 17.3. The van der Waals surface area contributed by atoms with Gasteiger partial charge < -0.3 is 10.6 Å². The first-order chi connectivity index (χ1) is 10.8. The average molecular weight is 335 g/mol. The van der Waals surface area contributed by atoms with Crippen molar-refractivity contribution in [3.63, 3.8) is 0 Å². The lowest BCUT2D eigenvalue weighted by Gasteiger charge is -2.17. The fraction of sp³-hybridized carbons (Fsp3) is 0.188. The number of nitrogen functional groups attached to an aromatic ring is 1. The van der Waals surface area contributed by atoms with E-state index in [0.717, 1.165) is 0 Å². The molecule has 0 aliphatic carbocycles. The van der Waals surface area contributed by atoms with Crippen LogP contribution in [0.4, 0.5) is 15.9 Å². The van der Waals surface area contributed by atoms with Crippen molar-refractivity contribution in [3.05, 3.63) is 40.8 Å². The minimum atomic E-state index is -0.581. The molecule has 1 aromatic carbocycles. The Labute approximate surface area is 138 Å². The molecule has 0 aliphatic rings. The van der Waals surface area contributed by atoms with Gasteiger partial charge in [-0.25, -0.2) is 14.4 Å². The Hall–Kier alpha value is -2.47. The molecule has 7 heteroatoms. The molecule has 2 aromatic rings. The molecular weight excluding hydrogens is 319 g/mol. The minimum absolute atomic E-state index is 0.0237. The maximum Gasteiger partial charge on any atom is 0.178 e. The Morgan fingerprint density at radius 1 is 1.39 bits per heavy atom. The third-order valence-electron chi connectivity index (χ3n) is 3.27. The number of anilines is 2. The Bertz CT molecular complexity index is 805. The summed E-state index contributed by atoms with van der Waals surface area (Å²) in [6.07, 6.45) is 1.40. The Morgan fingerprint density at radius 2 is 2.04 bits per heavy atom. The summed E-state index contributed by atoms with van der Waals surface area (Å²) in [5, 5.41) is 0.263. The zero-order valence-corrected chi connectivity index (χ0v) is 13.8. The van der Waals surface area contributed by atoms with Gasteiger partial charge in [0.05, 0.1) is 16.3 Å². The molecule has 0 fully saturated rings. The number of nitrogens with two attached hydrogens (primary N) is 1. The van der Waals surface area contributed by atoms with Gasteiger partial charge in [-0.05, 0) is 12.1 Å². The third kappa shape index (κ3) is 3.03. The highest BCUT2D eigenvalue weighted by Crippen LogP contribution is 2.34. The van der Waals surface area contributed by atoms with Crippen LogP contribution in [0.15, 0.2) is 18.7 Å². The Morgan fingerprint density at radius 3 is 2.57 bits per heavy atom. The molecule has 0 amide bonds. The average Bonchev–Trinajstić information content (AvgIpc) is 2.46. The highest BCUT2D eigenvalue weighted by molar-refractivity contribution is 6.33. The third-order valence-corrected chi connectivity index (χ3v) is 3.57. The van der Waals surface area contributed by atoms with Crippen molar-refractivity contribution < 1.29 is 9.18 Å². The first-order valence-electron chi connectivity index (χ1n) is 6.74. The number of hydrogen-bond donors (Lipinski definition) is 1. The van der Waals surface area contributed by atoms with Crippen molar-refractivity contribution >= 4 is 35.0 Å². The second-order valence-corrected chi connectivity index (χ2v) is 5.51. The lowest BCUT2D eigenvalue weighted by atomic mass is 10.1. The van der Waals surface area contributed by atoms with E-state index < -0.39 is 5.82 Å². The summed E-state index contributed by atoms with van der Waals surface area (Å²) in [7, 11) is 3.34. The summed E-state index contributed by atoms with van der Waals surface area (Å²) in [6.45, 7) is 4.94. The molecule has 0 radical (unpaired) electrons. The summed E-state index contributed by atoms with van der Waals surface area (Å²) < 4.78 is 14.8. The molecule has 1 aromatic heterocycles. The number of rotatable bonds is 4. The molecule has 0 saturated carbocycles. The fourth-order valence-corrected chi connectivity index (χ4v) is 2.52. The molecule has 0 saturated heterocycles. The zero-order valence-electron chi connectivity index (χ0n) is 13.0. The van der Waals surface area contributed by atoms with E-state index in [1.165, 1.54) is 19.1 Å². The van der Waals surface area contributed by atoms with Gasteiger partial charge in [-0.3, -0.25) is 4.79 Å². The van der Waals surface area contributed by atoms with Gasteiger partial charge in [-0.2, -0.15) is 0 Å². The monoisotopic (exact) mass is 334 g/mol. The number of aromatic nitrogens is 2. The largest absolute Gasteiger partial charge is 0.383 e. The van der Waals surface area contributed by atoms with Crippen LogP contribution in [0.3, 0.4) is 0 Å². The molecule has 2 rings (SSSR count). The van der Waals surface area contributed by atoms with Gasteiger partial charge in [0.15, 0.2) is 17.4 Å². The molecule has 2 N–H and O–H groups in total. The minimum Gasteiger partial charge on any atom is -0.383 e. The van der Waals surface area contributed by atoms with Crippen molar-refractivity contribution in [1.82, 2.24) is 9.97 Å². The van der Waals surface area contributed by atoms with Crippen LogP contribution in [0.1, 0.15) is 23.0 Å². The van der Waals surface area contributed by atoms with Crippen LogP contribution in [0.5, 0.6) is 0 Å². The number of Topliss-reactive ketones (excluding diaryl/α,β-unsaturated/α-hetero) is 1. The predicted octanol–water partition coefficient (Wildman–Crippen LogP) is 3.43. The number of hydrogen-bond acceptors (Lipinski definition) is 5. The van der Waals surface area contributed by atoms with Crippen LogP contribution >= 0.6 is 11.6 Å². The van der Waals surface area contributed by atoms with Crippen LogP contribution in [0, 0.1) is 5.82 Å². The summed E-state index contributed by atoms with van der Waals surface area (Å²) in [5.74, 6) is -0.799. The van der Waals surface area contributed by atoms with E-state index >= 15 is 0 Å². The molecular formula is C16H16ClFN4O. The highest BCUT2D eigenvalue weighted by atomic mass is 35.5. The Kier molecular flexibility index (Phi) is 4.65. The number of halogens is 2. The summed E-state index contributed by atoms with van der Waals surface area (Å²) in [5.41, 5.74) is 6.61. The second-order valence-electron chi connectivity index (χ2n) is 5.11. The molecule has 120 valence electrons. The first kappa shape index (κ1) is 16.9. The second kappa shape index (κ2) is 6.34. The van der Waals surface area contributed by atoms with Crippen LogP contribution in [-0.4, -0.2) is 29.8 Å². The van der Waals surface area contributed by atoms with E-state index in [4.69, 9.17) is 17.3 Å². The van der Waals surface area contributed by atoms with Gasteiger partial charge in [0, 0.05) is 26.6 Å². The maximum atomic E-state index is 14.8. The van der Waals surface area contributed by atoms with E-state index in [1.807, 2.05) is 0 Å². The summed E-state index contributed by atoms with van der Waals surface area (Å²) >= 11 is 6.03. The molecule has 0 bridgehead atoms. The van der Waals surface area contributed by atoms with Gasteiger partial charge in [0.2, 0.25) is 0 Å². The number of carbonyl (C=O) groups excluding carboxylic acids is 1. The lowest BCUT2D eigenvalue weighted by molar-refractivity contribution is 0.101. The topological polar surface area (TPSA) is 72.1 Å². The van der Waals surface area contributed by atoms with E-state index in [9.17, 15) is 9.18 Å². The molecule has 23 heavy (non-hydrogen) atoms. The van der Waals surface area contributed by atoms with Crippen molar-refractivity contribution in [2.24, 2.45) is 0 Å². The van der Waals surface area contributed by atoms with Gasteiger partial charge >= 0.3 is 0 Å². The number of nitrogens with zero attached hydrogens (tertiary/aromatic N) is 3. The normalized spacial score (nSPS) is 10.5. The van der Waals surface area contributed by atoms with Gasteiger partial charge in [0.25, 0.3) is 0 Å². The molecule has 1 heterocycles. The Balaban J connectivity index is 2.76. The predicted molar refractivity (Wildman–Crippen MR) is 91.3 cm³/mol. The van der Waals surface area contributed by atoms with Crippen LogP contribution < -0.4 is 10.6 Å². The fourth-order valence-electron chi connectivity index (χ4n) is 2.20. The SMILES string of the molecule is C=Cc1c(N)nc(-c2ccc(Cl)c(N(C)C)c2F)nc1C(C)=O. The van der Waals surface area contributed by atoms with Crippen molar-refractivity contribution in [3.8, 4) is 11.4 Å². The van der Waals surface area contributed by atoms with E-state index in [2.05, 4.69) is 16.5 Å². The maximum absolute atomic E-state index is 14.8. The van der Waals surface area contributed by atoms with Crippen LogP contribution in [0.2, 0.25) is 5.02 Å². The van der Waals surface area contributed by atoms with Gasteiger partial charge in [0.1, 0.15) is 11.5 Å². The van der Waals surface area contributed by atoms with Crippen molar-refractivity contribution in [2.45, 2.75) is 6.92 Å². The van der Waals surface area contributed by atoms with Gasteiger partial charge in [-0.15, -0.1) is 0 Å². The number of ketones is 1. The molecule has 0 unspecified atom stereocenters. The molecule has 0 atom stereocenters. The standard InChI is InChI=1S/C16H16ClFN4O/c1-5-9-13(8(2)23)20-16(21-15(9)19)10-6-7-11(17)14(12(10)18)22(3)4/h5-7H,1H2,2-4H3,(H2,19,20,21). The quantitative estimate of drug-likeness (QED) is 0.867. The van der Waals surface area contributed by atoms with Crippen LogP contribution in [-0.2, 0) is 0 Å². The van der Waals surface area contributed by atoms with Gasteiger partial charge in [-0.1, -0.05) is 24.3 Å². The molecule has 0 spiro atoms. The van der Waals surface area contributed by atoms with E-state index in [-0.39, 0.29) is 39.4 Å². The molecule has 5 nitrogen and oxygen atoms in total. The highest BCUT2D eigenvalue weighted by Gasteiger charge is 2.20. The number of benzene rings is 1. The summed E-state index contributed by atoms with van der Waals surface area (Å²) in [6, 6.07) is 3.00. The lowest BCUT2D eigenvalue weighted by Crippen LogP contribution is -2.13. The number of carbonyl (C=O) groups is 1. The smallest absolute Gasteiger partial charge is 0.178 e. The van der Waals surface area contributed by atoms with Crippen molar-refractivity contribution in [1.29, 1.82) is 0 Å². The van der Waals surface area contributed by atoms with Crippen molar-refractivity contribution in [2.75, 3.05) is 24.7 Å².